The highest BCUT2D eigenvalue weighted by Crippen LogP contribution is 2.40. The molecule has 17 heavy (non-hydrogen) atoms. The molecule has 0 aromatic rings. The molecule has 3 heteroatoms. The van der Waals surface area contributed by atoms with E-state index in [9.17, 15) is 0 Å². The lowest BCUT2D eigenvalue weighted by Gasteiger charge is -2.50. The maximum absolute atomic E-state index is 6.17. The van der Waals surface area contributed by atoms with Crippen molar-refractivity contribution in [1.29, 1.82) is 0 Å². The Labute approximate surface area is 106 Å². The van der Waals surface area contributed by atoms with Crippen LogP contribution in [0.3, 0.4) is 0 Å². The Bertz CT molecular complexity index is 242. The number of hydrogen-bond donors (Lipinski definition) is 1. The van der Waals surface area contributed by atoms with E-state index >= 15 is 0 Å². The predicted molar refractivity (Wildman–Crippen MR) is 71.0 cm³/mol. The summed E-state index contributed by atoms with van der Waals surface area (Å²) in [5, 5.41) is 0. The predicted octanol–water partition coefficient (Wildman–Crippen LogP) is 2.00. The van der Waals surface area contributed by atoms with E-state index in [1.807, 2.05) is 0 Å². The number of hydrogen-bond acceptors (Lipinski definition) is 3. The first-order valence-electron chi connectivity index (χ1n) is 7.29. The summed E-state index contributed by atoms with van der Waals surface area (Å²) in [7, 11) is 0. The SMILES string of the molecule is CCCCN(C1CC1)C1(CN)CCOCC1C. The molecular formula is C14H28N2O. The summed E-state index contributed by atoms with van der Waals surface area (Å²) in [5.41, 5.74) is 6.39. The third kappa shape index (κ3) is 2.67. The average Bonchev–Trinajstić information content (AvgIpc) is 3.16. The minimum Gasteiger partial charge on any atom is -0.381 e. The smallest absolute Gasteiger partial charge is 0.0509 e. The molecule has 1 aliphatic carbocycles. The minimum atomic E-state index is 0.217. The first-order valence-corrected chi connectivity index (χ1v) is 7.29. The van der Waals surface area contributed by atoms with Crippen molar-refractivity contribution in [3.63, 3.8) is 0 Å². The summed E-state index contributed by atoms with van der Waals surface area (Å²) in [5.74, 6) is 0.568. The maximum atomic E-state index is 6.17. The molecule has 1 saturated carbocycles. The summed E-state index contributed by atoms with van der Waals surface area (Å²) in [6.07, 6.45) is 6.43. The van der Waals surface area contributed by atoms with E-state index in [1.165, 1.54) is 32.2 Å². The van der Waals surface area contributed by atoms with Gasteiger partial charge in [-0.25, -0.2) is 0 Å². The second-order valence-electron chi connectivity index (χ2n) is 5.81. The van der Waals surface area contributed by atoms with Crippen molar-refractivity contribution in [3.8, 4) is 0 Å². The molecule has 2 N–H and O–H groups in total. The van der Waals surface area contributed by atoms with E-state index in [2.05, 4.69) is 18.7 Å². The van der Waals surface area contributed by atoms with E-state index in [0.717, 1.165) is 32.2 Å². The van der Waals surface area contributed by atoms with E-state index in [4.69, 9.17) is 10.5 Å². The lowest BCUT2D eigenvalue weighted by molar-refractivity contribution is -0.0701. The van der Waals surface area contributed by atoms with Gasteiger partial charge in [-0.3, -0.25) is 4.90 Å². The van der Waals surface area contributed by atoms with Crippen LogP contribution in [0.25, 0.3) is 0 Å². The van der Waals surface area contributed by atoms with E-state index < -0.39 is 0 Å². The van der Waals surface area contributed by atoms with Gasteiger partial charge < -0.3 is 10.5 Å². The number of nitrogens with two attached hydrogens (primary N) is 1. The number of nitrogens with zero attached hydrogens (tertiary/aromatic N) is 1. The molecule has 100 valence electrons. The highest BCUT2D eigenvalue weighted by atomic mass is 16.5. The van der Waals surface area contributed by atoms with Crippen molar-refractivity contribution < 1.29 is 4.74 Å². The van der Waals surface area contributed by atoms with Crippen LogP contribution in [0.1, 0.15) is 46.0 Å². The second-order valence-corrected chi connectivity index (χ2v) is 5.81. The fourth-order valence-corrected chi connectivity index (χ4v) is 3.24. The Morgan fingerprint density at radius 2 is 2.18 bits per heavy atom. The number of rotatable bonds is 6. The molecule has 1 aliphatic heterocycles. The van der Waals surface area contributed by atoms with Gasteiger partial charge in [0, 0.05) is 24.7 Å². The van der Waals surface area contributed by atoms with Gasteiger partial charge in [-0.05, 0) is 38.1 Å². The van der Waals surface area contributed by atoms with Crippen LogP contribution < -0.4 is 5.73 Å². The molecule has 1 heterocycles. The summed E-state index contributed by atoms with van der Waals surface area (Å²) >= 11 is 0. The van der Waals surface area contributed by atoms with E-state index in [-0.39, 0.29) is 5.54 Å². The molecule has 2 fully saturated rings. The van der Waals surface area contributed by atoms with Gasteiger partial charge in [-0.2, -0.15) is 0 Å². The van der Waals surface area contributed by atoms with Crippen LogP contribution in [0.15, 0.2) is 0 Å². The van der Waals surface area contributed by atoms with Crippen LogP contribution in [0, 0.1) is 5.92 Å². The van der Waals surface area contributed by atoms with Gasteiger partial charge >= 0.3 is 0 Å². The molecule has 0 spiro atoms. The first kappa shape index (κ1) is 13.3. The molecular weight excluding hydrogens is 212 g/mol. The van der Waals surface area contributed by atoms with Crippen LogP contribution in [-0.2, 0) is 4.74 Å². The van der Waals surface area contributed by atoms with Gasteiger partial charge in [-0.1, -0.05) is 20.3 Å². The Hall–Kier alpha value is -0.120. The molecule has 0 bridgehead atoms. The third-order valence-corrected chi connectivity index (χ3v) is 4.63. The quantitative estimate of drug-likeness (QED) is 0.772. The monoisotopic (exact) mass is 240 g/mol. The highest BCUT2D eigenvalue weighted by molar-refractivity contribution is 5.03. The first-order chi connectivity index (χ1) is 8.24. The summed E-state index contributed by atoms with van der Waals surface area (Å²) in [4.78, 5) is 2.74. The number of unbranched alkanes of at least 4 members (excludes halogenated alkanes) is 1. The van der Waals surface area contributed by atoms with Crippen LogP contribution in [-0.4, -0.2) is 42.8 Å². The van der Waals surface area contributed by atoms with Gasteiger partial charge in [0.2, 0.25) is 0 Å². The molecule has 2 atom stereocenters. The lowest BCUT2D eigenvalue weighted by Crippen LogP contribution is -2.62. The fourth-order valence-electron chi connectivity index (χ4n) is 3.24. The molecule has 0 aromatic heterocycles. The Balaban J connectivity index is 2.10. The van der Waals surface area contributed by atoms with Crippen LogP contribution in [0.5, 0.6) is 0 Å². The summed E-state index contributed by atoms with van der Waals surface area (Å²) in [6.45, 7) is 8.37. The largest absolute Gasteiger partial charge is 0.381 e. The van der Waals surface area contributed by atoms with Crippen molar-refractivity contribution in [2.45, 2.75) is 57.5 Å². The minimum absolute atomic E-state index is 0.217. The Morgan fingerprint density at radius 3 is 2.71 bits per heavy atom. The Morgan fingerprint density at radius 1 is 1.41 bits per heavy atom. The second kappa shape index (κ2) is 5.68. The van der Waals surface area contributed by atoms with Crippen LogP contribution >= 0.6 is 0 Å². The standard InChI is InChI=1S/C14H28N2O/c1-3-4-8-16(13-5-6-13)14(11-15)7-9-17-10-12(14)2/h12-13H,3-11,15H2,1-2H3. The van der Waals surface area contributed by atoms with Gasteiger partial charge in [0.05, 0.1) is 6.61 Å². The fraction of sp³-hybridized carbons (Fsp3) is 1.00. The zero-order valence-electron chi connectivity index (χ0n) is 11.5. The molecule has 2 rings (SSSR count). The molecule has 1 saturated heterocycles. The van der Waals surface area contributed by atoms with Gasteiger partial charge in [0.25, 0.3) is 0 Å². The molecule has 3 nitrogen and oxygen atoms in total. The van der Waals surface area contributed by atoms with Crippen molar-refractivity contribution >= 4 is 0 Å². The molecule has 0 amide bonds. The van der Waals surface area contributed by atoms with Crippen molar-refractivity contribution in [1.82, 2.24) is 4.90 Å². The molecule has 0 radical (unpaired) electrons. The van der Waals surface area contributed by atoms with Gasteiger partial charge in [0.1, 0.15) is 0 Å². The van der Waals surface area contributed by atoms with Gasteiger partial charge in [0.15, 0.2) is 0 Å². The lowest BCUT2D eigenvalue weighted by atomic mass is 9.79. The van der Waals surface area contributed by atoms with Crippen molar-refractivity contribution in [2.75, 3.05) is 26.3 Å². The average molecular weight is 240 g/mol. The van der Waals surface area contributed by atoms with Crippen LogP contribution in [0.4, 0.5) is 0 Å². The highest BCUT2D eigenvalue weighted by Gasteiger charge is 2.47. The van der Waals surface area contributed by atoms with Gasteiger partial charge in [-0.15, -0.1) is 0 Å². The van der Waals surface area contributed by atoms with Crippen LogP contribution in [0.2, 0.25) is 0 Å². The van der Waals surface area contributed by atoms with E-state index in [1.54, 1.807) is 0 Å². The van der Waals surface area contributed by atoms with Crippen molar-refractivity contribution in [2.24, 2.45) is 11.7 Å². The van der Waals surface area contributed by atoms with E-state index in [0.29, 0.717) is 5.92 Å². The maximum Gasteiger partial charge on any atom is 0.0509 e. The zero-order valence-corrected chi connectivity index (χ0v) is 11.5. The number of ether oxygens (including phenoxy) is 1. The summed E-state index contributed by atoms with van der Waals surface area (Å²) in [6, 6.07) is 0.811. The topological polar surface area (TPSA) is 38.5 Å². The molecule has 2 aliphatic rings. The van der Waals surface area contributed by atoms with Crippen molar-refractivity contribution in [3.05, 3.63) is 0 Å². The zero-order chi connectivity index (χ0) is 12.3. The third-order valence-electron chi connectivity index (χ3n) is 4.63. The molecule has 0 aromatic carbocycles. The summed E-state index contributed by atoms with van der Waals surface area (Å²) < 4.78 is 5.61. The Kier molecular flexibility index (Phi) is 4.45. The normalized spacial score (nSPS) is 34.2. The molecule has 2 unspecified atom stereocenters.